The highest BCUT2D eigenvalue weighted by molar-refractivity contribution is 6.20. The molecule has 0 radical (unpaired) electrons. The summed E-state index contributed by atoms with van der Waals surface area (Å²) in [6.07, 6.45) is 1.93. The van der Waals surface area contributed by atoms with Crippen LogP contribution in [0.1, 0.15) is 49.9 Å². The van der Waals surface area contributed by atoms with Crippen LogP contribution in [-0.2, 0) is 14.4 Å². The summed E-state index contributed by atoms with van der Waals surface area (Å²) in [5, 5.41) is 2.76. The van der Waals surface area contributed by atoms with E-state index in [2.05, 4.69) is 5.32 Å². The van der Waals surface area contributed by atoms with Crippen LogP contribution in [0.4, 0.5) is 5.69 Å². The van der Waals surface area contributed by atoms with Crippen molar-refractivity contribution in [1.29, 1.82) is 0 Å². The maximum atomic E-state index is 12.8. The van der Waals surface area contributed by atoms with Gasteiger partial charge in [-0.1, -0.05) is 19.9 Å². The summed E-state index contributed by atoms with van der Waals surface area (Å²) >= 11 is 0. The number of hydrogen-bond acceptors (Lipinski definition) is 4. The van der Waals surface area contributed by atoms with Gasteiger partial charge in [-0.25, -0.2) is 0 Å². The molecule has 0 aromatic heterocycles. The molecule has 7 heteroatoms. The van der Waals surface area contributed by atoms with Crippen LogP contribution in [0.25, 0.3) is 0 Å². The van der Waals surface area contributed by atoms with Crippen molar-refractivity contribution in [2.45, 2.75) is 39.5 Å². The second-order valence-electron chi connectivity index (χ2n) is 6.25. The number of carbonyl (C=O) groups excluding carboxylic acids is 4. The van der Waals surface area contributed by atoms with E-state index in [0.717, 1.165) is 17.7 Å². The summed E-state index contributed by atoms with van der Waals surface area (Å²) in [4.78, 5) is 51.2. The lowest BCUT2D eigenvalue weighted by atomic mass is 10.1. The highest BCUT2D eigenvalue weighted by atomic mass is 16.2. The van der Waals surface area contributed by atoms with Gasteiger partial charge in [0.2, 0.25) is 17.7 Å². The minimum Gasteiger partial charge on any atom is -0.355 e. The van der Waals surface area contributed by atoms with Crippen molar-refractivity contribution >= 4 is 29.3 Å². The van der Waals surface area contributed by atoms with Crippen LogP contribution < -0.4 is 10.2 Å². The predicted octanol–water partition coefficient (Wildman–Crippen LogP) is 1.72. The van der Waals surface area contributed by atoms with Crippen molar-refractivity contribution < 1.29 is 19.2 Å². The molecular formula is C19H25N3O4. The molecule has 0 atom stereocenters. The third-order valence-corrected chi connectivity index (χ3v) is 4.09. The van der Waals surface area contributed by atoms with Gasteiger partial charge in [0.25, 0.3) is 5.91 Å². The van der Waals surface area contributed by atoms with Gasteiger partial charge in [-0.3, -0.25) is 24.1 Å². The van der Waals surface area contributed by atoms with Crippen molar-refractivity contribution in [2.75, 3.05) is 24.5 Å². The lowest BCUT2D eigenvalue weighted by Gasteiger charge is -2.22. The number of carbonyl (C=O) groups is 4. The van der Waals surface area contributed by atoms with Crippen molar-refractivity contribution in [2.24, 2.45) is 0 Å². The summed E-state index contributed by atoms with van der Waals surface area (Å²) < 4.78 is 0. The van der Waals surface area contributed by atoms with Crippen molar-refractivity contribution in [1.82, 2.24) is 10.2 Å². The summed E-state index contributed by atoms with van der Waals surface area (Å²) in [5.41, 5.74) is 0.752. The van der Waals surface area contributed by atoms with Gasteiger partial charge in [-0.2, -0.15) is 0 Å². The second-order valence-corrected chi connectivity index (χ2v) is 6.25. The number of nitrogens with one attached hydrogen (secondary N) is 1. The summed E-state index contributed by atoms with van der Waals surface area (Å²) in [6.45, 7) is 4.90. The lowest BCUT2D eigenvalue weighted by molar-refractivity contribution is -0.122. The maximum Gasteiger partial charge on any atom is 0.254 e. The van der Waals surface area contributed by atoms with Gasteiger partial charge in [0.05, 0.1) is 12.2 Å². The quantitative estimate of drug-likeness (QED) is 0.716. The third-order valence-electron chi connectivity index (χ3n) is 4.09. The highest BCUT2D eigenvalue weighted by Gasteiger charge is 2.30. The Morgan fingerprint density at radius 3 is 2.42 bits per heavy atom. The van der Waals surface area contributed by atoms with Gasteiger partial charge in [0.15, 0.2) is 0 Å². The zero-order valence-corrected chi connectivity index (χ0v) is 15.3. The van der Waals surface area contributed by atoms with Crippen LogP contribution >= 0.6 is 0 Å². The molecule has 0 unspecified atom stereocenters. The fourth-order valence-corrected chi connectivity index (χ4v) is 2.84. The van der Waals surface area contributed by atoms with Gasteiger partial charge in [-0.05, 0) is 31.0 Å². The molecule has 1 aromatic rings. The minimum atomic E-state index is -0.292. The first-order valence-corrected chi connectivity index (χ1v) is 8.99. The monoisotopic (exact) mass is 359 g/mol. The number of amides is 4. The van der Waals surface area contributed by atoms with Crippen LogP contribution in [-0.4, -0.2) is 48.2 Å². The fraction of sp³-hybridized carbons (Fsp3) is 0.474. The van der Waals surface area contributed by atoms with E-state index in [1.165, 1.54) is 11.0 Å². The normalized spacial score (nSPS) is 13.8. The standard InChI is InChI=1S/C19H25N3O4/c1-3-10-20-16(23)13-21(11-4-2)19(26)14-6-5-7-15(12-14)22-17(24)8-9-18(22)25/h5-7,12H,3-4,8-11,13H2,1-2H3,(H,20,23). The molecule has 1 aromatic carbocycles. The first kappa shape index (κ1) is 19.6. The fourth-order valence-electron chi connectivity index (χ4n) is 2.84. The molecule has 2 rings (SSSR count). The van der Waals surface area contributed by atoms with Crippen LogP contribution in [0.3, 0.4) is 0 Å². The van der Waals surface area contributed by atoms with E-state index in [0.29, 0.717) is 24.3 Å². The van der Waals surface area contributed by atoms with Gasteiger partial charge >= 0.3 is 0 Å². The number of nitrogens with zero attached hydrogens (tertiary/aromatic N) is 2. The Hall–Kier alpha value is -2.70. The average molecular weight is 359 g/mol. The first-order valence-electron chi connectivity index (χ1n) is 8.99. The molecule has 140 valence electrons. The van der Waals surface area contributed by atoms with E-state index in [4.69, 9.17) is 0 Å². The van der Waals surface area contributed by atoms with E-state index < -0.39 is 0 Å². The number of hydrogen-bond donors (Lipinski definition) is 1. The molecule has 1 saturated heterocycles. The average Bonchev–Trinajstić information content (AvgIpc) is 2.97. The van der Waals surface area contributed by atoms with E-state index in [9.17, 15) is 19.2 Å². The minimum absolute atomic E-state index is 0.0154. The predicted molar refractivity (Wildman–Crippen MR) is 97.7 cm³/mol. The molecule has 4 amide bonds. The molecule has 0 bridgehead atoms. The molecule has 0 spiro atoms. The highest BCUT2D eigenvalue weighted by Crippen LogP contribution is 2.24. The Balaban J connectivity index is 2.18. The molecule has 7 nitrogen and oxygen atoms in total. The zero-order valence-electron chi connectivity index (χ0n) is 15.3. The van der Waals surface area contributed by atoms with E-state index in [-0.39, 0.29) is 43.0 Å². The maximum absolute atomic E-state index is 12.8. The number of imide groups is 1. The van der Waals surface area contributed by atoms with Crippen LogP contribution in [0, 0.1) is 0 Å². The summed E-state index contributed by atoms with van der Waals surface area (Å²) in [5.74, 6) is -1.01. The van der Waals surface area contributed by atoms with Gasteiger partial charge in [0.1, 0.15) is 0 Å². The molecule has 0 saturated carbocycles. The van der Waals surface area contributed by atoms with Crippen molar-refractivity contribution in [3.8, 4) is 0 Å². The molecule has 1 aliphatic heterocycles. The molecule has 1 aliphatic rings. The Morgan fingerprint density at radius 2 is 1.81 bits per heavy atom. The SMILES string of the molecule is CCCNC(=O)CN(CCC)C(=O)c1cccc(N2C(=O)CCC2=O)c1. The van der Waals surface area contributed by atoms with Crippen LogP contribution in [0.5, 0.6) is 0 Å². The number of rotatable bonds is 8. The third kappa shape index (κ3) is 4.68. The van der Waals surface area contributed by atoms with Gasteiger partial charge in [-0.15, -0.1) is 0 Å². The zero-order chi connectivity index (χ0) is 19.1. The van der Waals surface area contributed by atoms with Crippen molar-refractivity contribution in [3.63, 3.8) is 0 Å². The Kier molecular flexibility index (Phi) is 6.89. The van der Waals surface area contributed by atoms with Crippen LogP contribution in [0.15, 0.2) is 24.3 Å². The number of benzene rings is 1. The molecule has 1 N–H and O–H groups in total. The van der Waals surface area contributed by atoms with Gasteiger partial charge < -0.3 is 10.2 Å². The summed E-state index contributed by atoms with van der Waals surface area (Å²) in [6, 6.07) is 6.44. The van der Waals surface area contributed by atoms with Gasteiger partial charge in [0, 0.05) is 31.5 Å². The molecular weight excluding hydrogens is 334 g/mol. The summed E-state index contributed by atoms with van der Waals surface area (Å²) in [7, 11) is 0. The topological polar surface area (TPSA) is 86.8 Å². The molecule has 26 heavy (non-hydrogen) atoms. The van der Waals surface area contributed by atoms with E-state index >= 15 is 0 Å². The lowest BCUT2D eigenvalue weighted by Crippen LogP contribution is -2.41. The van der Waals surface area contributed by atoms with E-state index in [1.54, 1.807) is 18.2 Å². The van der Waals surface area contributed by atoms with E-state index in [1.807, 2.05) is 13.8 Å². The number of anilines is 1. The molecule has 1 fully saturated rings. The largest absolute Gasteiger partial charge is 0.355 e. The second kappa shape index (κ2) is 9.12. The van der Waals surface area contributed by atoms with Crippen molar-refractivity contribution in [3.05, 3.63) is 29.8 Å². The Morgan fingerprint density at radius 1 is 1.12 bits per heavy atom. The Labute approximate surface area is 153 Å². The molecule has 1 heterocycles. The molecule has 0 aliphatic carbocycles. The Bertz CT molecular complexity index is 686. The smallest absolute Gasteiger partial charge is 0.254 e. The first-order chi connectivity index (χ1) is 12.5. The van der Waals surface area contributed by atoms with Crippen LogP contribution in [0.2, 0.25) is 0 Å².